The summed E-state index contributed by atoms with van der Waals surface area (Å²) in [6.45, 7) is 8.80. The Morgan fingerprint density at radius 1 is 0.943 bits per heavy atom. The van der Waals surface area contributed by atoms with E-state index in [9.17, 15) is 9.59 Å². The summed E-state index contributed by atoms with van der Waals surface area (Å²) in [6, 6.07) is 7.94. The summed E-state index contributed by atoms with van der Waals surface area (Å²) in [5.74, 6) is -0.274. The van der Waals surface area contributed by atoms with Gasteiger partial charge < -0.3 is 33.2 Å². The predicted molar refractivity (Wildman–Crippen MR) is 136 cm³/mol. The van der Waals surface area contributed by atoms with Gasteiger partial charge >= 0.3 is 20.9 Å². The van der Waals surface area contributed by atoms with Crippen molar-refractivity contribution in [2.45, 2.75) is 58.9 Å². The fourth-order valence-electron chi connectivity index (χ4n) is 3.34. The number of alkyl carbamates (subject to hydrolysis) is 1. The number of carbonyl (C=O) groups excluding carboxylic acids is 1. The Morgan fingerprint density at radius 2 is 1.60 bits per heavy atom. The number of rotatable bonds is 20. The zero-order valence-electron chi connectivity index (χ0n) is 21.3. The highest BCUT2D eigenvalue weighted by atomic mass is 28.4. The Bertz CT molecular complexity index is 742. The molecule has 1 aromatic carbocycles. The maximum atomic E-state index is 11.9. The molecule has 0 fully saturated rings. The van der Waals surface area contributed by atoms with E-state index >= 15 is 0 Å². The number of carboxylic acids is 1. The van der Waals surface area contributed by atoms with E-state index in [1.54, 1.807) is 6.07 Å². The normalized spacial score (nSPS) is 11.5. The fraction of sp³-hybridized carbons (Fsp3) is 0.600. The van der Waals surface area contributed by atoms with Gasteiger partial charge in [-0.1, -0.05) is 12.1 Å². The lowest BCUT2D eigenvalue weighted by Crippen LogP contribution is -2.46. The Balaban J connectivity index is 2.11. The van der Waals surface area contributed by atoms with Crippen LogP contribution in [-0.4, -0.2) is 65.6 Å². The van der Waals surface area contributed by atoms with Crippen molar-refractivity contribution in [2.75, 3.05) is 39.6 Å². The molecule has 1 rings (SSSR count). The number of hydrogen-bond donors (Lipinski definition) is 2. The third kappa shape index (κ3) is 14.6. The minimum atomic E-state index is -2.67. The van der Waals surface area contributed by atoms with Gasteiger partial charge in [-0.2, -0.15) is 0 Å². The summed E-state index contributed by atoms with van der Waals surface area (Å²) in [4.78, 5) is 22.5. The summed E-state index contributed by atoms with van der Waals surface area (Å²) < 4.78 is 28.4. The Labute approximate surface area is 210 Å². The van der Waals surface area contributed by atoms with Crippen molar-refractivity contribution < 1.29 is 37.4 Å². The number of aliphatic carboxylic acids is 1. The highest BCUT2D eigenvalue weighted by molar-refractivity contribution is 6.60. The fourth-order valence-corrected chi connectivity index (χ4v) is 5.95. The molecule has 0 spiro atoms. The molecule has 0 heterocycles. The first-order valence-electron chi connectivity index (χ1n) is 12.4. The molecular weight excluding hydrogens is 470 g/mol. The number of hydrogen-bond acceptors (Lipinski definition) is 7. The SMILES string of the molecule is CCO[Si](CCCNC(=O)OCCCCCCOc1cccc(/C=C/C(=O)O)c1)(OCC)OCC. The lowest BCUT2D eigenvalue weighted by Gasteiger charge is -2.28. The zero-order chi connectivity index (χ0) is 25.8. The Hall–Kier alpha value is -2.40. The standard InChI is InChI=1S/C25H41NO8Si/c1-4-32-35(33-5-2,34-6-3)20-12-17-26-25(29)31-19-10-8-7-9-18-30-23-14-11-13-22(21-23)15-16-24(27)28/h11,13-16,21H,4-10,12,17-20H2,1-3H3,(H,26,29)(H,27,28)/b16-15+. The second-order valence-electron chi connectivity index (χ2n) is 7.66. The number of unbranched alkanes of at least 4 members (excludes halogenated alkanes) is 3. The second kappa shape index (κ2) is 18.9. The number of carboxylic acid groups (broad SMARTS) is 1. The maximum absolute atomic E-state index is 11.9. The molecule has 0 aliphatic carbocycles. The smallest absolute Gasteiger partial charge is 0.494 e. The van der Waals surface area contributed by atoms with Gasteiger partial charge in [-0.05, 0) is 76.6 Å². The lowest BCUT2D eigenvalue weighted by molar-refractivity contribution is -0.131. The average Bonchev–Trinajstić information content (AvgIpc) is 2.83. The van der Waals surface area contributed by atoms with Gasteiger partial charge in [-0.25, -0.2) is 9.59 Å². The molecule has 0 aliphatic heterocycles. The second-order valence-corrected chi connectivity index (χ2v) is 10.4. The number of benzene rings is 1. The molecule has 9 nitrogen and oxygen atoms in total. The van der Waals surface area contributed by atoms with Crippen molar-refractivity contribution in [3.05, 3.63) is 35.9 Å². The van der Waals surface area contributed by atoms with Crippen LogP contribution in [0.3, 0.4) is 0 Å². The van der Waals surface area contributed by atoms with Crippen LogP contribution < -0.4 is 10.1 Å². The highest BCUT2D eigenvalue weighted by Crippen LogP contribution is 2.18. The molecule has 198 valence electrons. The first kappa shape index (κ1) is 30.6. The van der Waals surface area contributed by atoms with Crippen LogP contribution in [0.1, 0.15) is 58.4 Å². The van der Waals surface area contributed by atoms with Crippen molar-refractivity contribution in [1.29, 1.82) is 0 Å². The molecule has 10 heteroatoms. The predicted octanol–water partition coefficient (Wildman–Crippen LogP) is 4.89. The van der Waals surface area contributed by atoms with Crippen LogP contribution in [0.2, 0.25) is 6.04 Å². The maximum Gasteiger partial charge on any atom is 0.500 e. The molecule has 0 unspecified atom stereocenters. The van der Waals surface area contributed by atoms with Crippen LogP contribution in [0.25, 0.3) is 6.08 Å². The lowest BCUT2D eigenvalue weighted by atomic mass is 10.2. The van der Waals surface area contributed by atoms with Crippen molar-refractivity contribution in [2.24, 2.45) is 0 Å². The van der Waals surface area contributed by atoms with E-state index in [0.717, 1.165) is 37.3 Å². The molecule has 2 N–H and O–H groups in total. The largest absolute Gasteiger partial charge is 0.500 e. The average molecular weight is 512 g/mol. The molecule has 0 bridgehead atoms. The van der Waals surface area contributed by atoms with Gasteiger partial charge in [0.05, 0.1) is 13.2 Å². The van der Waals surface area contributed by atoms with Gasteiger partial charge in [0.1, 0.15) is 5.75 Å². The molecule has 0 saturated carbocycles. The van der Waals surface area contributed by atoms with Crippen molar-refractivity contribution in [3.8, 4) is 5.75 Å². The van der Waals surface area contributed by atoms with Gasteiger partial charge in [0.15, 0.2) is 0 Å². The van der Waals surface area contributed by atoms with Crippen LogP contribution in [-0.2, 0) is 22.8 Å². The number of ether oxygens (including phenoxy) is 2. The molecule has 35 heavy (non-hydrogen) atoms. The van der Waals surface area contributed by atoms with Gasteiger partial charge in [-0.3, -0.25) is 0 Å². The molecule has 1 amide bonds. The van der Waals surface area contributed by atoms with E-state index in [2.05, 4.69) is 5.32 Å². The molecular formula is C25H41NO8Si. The van der Waals surface area contributed by atoms with E-state index in [4.69, 9.17) is 27.9 Å². The first-order valence-corrected chi connectivity index (χ1v) is 14.3. The molecule has 0 aliphatic rings. The molecule has 0 atom stereocenters. The van der Waals surface area contributed by atoms with Crippen LogP contribution in [0, 0.1) is 0 Å². The summed E-state index contributed by atoms with van der Waals surface area (Å²) in [6.07, 6.45) is 6.47. The zero-order valence-corrected chi connectivity index (χ0v) is 22.3. The quantitative estimate of drug-likeness (QED) is 0.145. The van der Waals surface area contributed by atoms with Gasteiger partial charge in [0.25, 0.3) is 0 Å². The summed E-state index contributed by atoms with van der Waals surface area (Å²) >= 11 is 0. The van der Waals surface area contributed by atoms with Crippen molar-refractivity contribution >= 4 is 26.9 Å². The van der Waals surface area contributed by atoms with E-state index in [1.165, 1.54) is 6.08 Å². The molecule has 1 aromatic rings. The van der Waals surface area contributed by atoms with Gasteiger partial charge in [0.2, 0.25) is 0 Å². The summed E-state index contributed by atoms with van der Waals surface area (Å²) in [5.41, 5.74) is 0.777. The van der Waals surface area contributed by atoms with E-state index in [0.29, 0.717) is 57.8 Å². The first-order chi connectivity index (χ1) is 16.9. The third-order valence-electron chi connectivity index (χ3n) is 4.84. The monoisotopic (exact) mass is 511 g/mol. The Kier molecular flexibility index (Phi) is 16.5. The van der Waals surface area contributed by atoms with Crippen molar-refractivity contribution in [1.82, 2.24) is 5.32 Å². The van der Waals surface area contributed by atoms with Gasteiger partial charge in [-0.15, -0.1) is 0 Å². The van der Waals surface area contributed by atoms with Crippen LogP contribution in [0.5, 0.6) is 5.75 Å². The van der Waals surface area contributed by atoms with Crippen LogP contribution >= 0.6 is 0 Å². The summed E-state index contributed by atoms with van der Waals surface area (Å²) in [7, 11) is -2.67. The molecule has 0 aromatic heterocycles. The summed E-state index contributed by atoms with van der Waals surface area (Å²) in [5, 5.41) is 11.5. The minimum absolute atomic E-state index is 0.375. The Morgan fingerprint density at radius 3 is 2.23 bits per heavy atom. The molecule has 0 saturated heterocycles. The van der Waals surface area contributed by atoms with E-state index < -0.39 is 20.9 Å². The highest BCUT2D eigenvalue weighted by Gasteiger charge is 2.39. The van der Waals surface area contributed by atoms with Crippen molar-refractivity contribution in [3.63, 3.8) is 0 Å². The van der Waals surface area contributed by atoms with E-state index in [1.807, 2.05) is 39.0 Å². The number of nitrogens with one attached hydrogen (secondary N) is 1. The van der Waals surface area contributed by atoms with Crippen LogP contribution in [0.15, 0.2) is 30.3 Å². The topological polar surface area (TPSA) is 113 Å². The number of amides is 1. The minimum Gasteiger partial charge on any atom is -0.494 e. The molecule has 0 radical (unpaired) electrons. The number of carbonyl (C=O) groups is 2. The van der Waals surface area contributed by atoms with Gasteiger partial charge in [0, 0.05) is 38.5 Å². The van der Waals surface area contributed by atoms with E-state index in [-0.39, 0.29) is 0 Å². The third-order valence-corrected chi connectivity index (χ3v) is 7.99. The van der Waals surface area contributed by atoms with Crippen LogP contribution in [0.4, 0.5) is 4.79 Å².